The Balaban J connectivity index is 1.59. The first kappa shape index (κ1) is 13.6. The van der Waals surface area contributed by atoms with Crippen LogP contribution in [0.4, 0.5) is 0 Å². The largest absolute Gasteiger partial charge is 0.494 e. The molecule has 0 fully saturated rings. The number of ether oxygens (including phenoxy) is 1. The Hall–Kier alpha value is -1.81. The molecule has 2 aromatic rings. The minimum atomic E-state index is 0.739. The van der Waals surface area contributed by atoms with Crippen LogP contribution in [0.25, 0.3) is 0 Å². The molecule has 1 aromatic carbocycles. The number of benzene rings is 1. The molecule has 19 heavy (non-hydrogen) atoms. The van der Waals surface area contributed by atoms with Crippen molar-refractivity contribution in [2.45, 2.75) is 19.9 Å². The molecular formula is C15H21N3O. The maximum Gasteiger partial charge on any atom is 0.119 e. The van der Waals surface area contributed by atoms with Gasteiger partial charge in [-0.1, -0.05) is 18.2 Å². The van der Waals surface area contributed by atoms with E-state index >= 15 is 0 Å². The Bertz CT molecular complexity index is 493. The van der Waals surface area contributed by atoms with Crippen LogP contribution < -0.4 is 10.1 Å². The molecule has 0 bridgehead atoms. The third-order valence-electron chi connectivity index (χ3n) is 3.16. The van der Waals surface area contributed by atoms with E-state index in [0.717, 1.165) is 31.9 Å². The summed E-state index contributed by atoms with van der Waals surface area (Å²) in [5.41, 5.74) is 2.47. The van der Waals surface area contributed by atoms with Gasteiger partial charge in [-0.15, -0.1) is 0 Å². The van der Waals surface area contributed by atoms with Crippen LogP contribution in [-0.2, 0) is 13.6 Å². The van der Waals surface area contributed by atoms with Crippen molar-refractivity contribution in [3.05, 3.63) is 47.8 Å². The second kappa shape index (κ2) is 6.95. The van der Waals surface area contributed by atoms with Crippen LogP contribution in [0.5, 0.6) is 5.75 Å². The maximum absolute atomic E-state index is 5.63. The summed E-state index contributed by atoms with van der Waals surface area (Å²) >= 11 is 0. The van der Waals surface area contributed by atoms with E-state index < -0.39 is 0 Å². The van der Waals surface area contributed by atoms with Gasteiger partial charge in [-0.25, -0.2) is 0 Å². The average Bonchev–Trinajstić information content (AvgIpc) is 2.75. The highest BCUT2D eigenvalue weighted by molar-refractivity contribution is 5.20. The number of aromatic nitrogens is 2. The SMILES string of the molecule is Cc1c(CNCCCOc2ccccc2)cnn1C. The number of nitrogens with zero attached hydrogens (tertiary/aromatic N) is 2. The molecule has 1 N–H and O–H groups in total. The lowest BCUT2D eigenvalue weighted by Gasteiger charge is -2.07. The van der Waals surface area contributed by atoms with Crippen molar-refractivity contribution in [1.29, 1.82) is 0 Å². The monoisotopic (exact) mass is 259 g/mol. The highest BCUT2D eigenvalue weighted by Crippen LogP contribution is 2.08. The summed E-state index contributed by atoms with van der Waals surface area (Å²) in [6, 6.07) is 9.92. The summed E-state index contributed by atoms with van der Waals surface area (Å²) in [6.07, 6.45) is 2.91. The fourth-order valence-electron chi connectivity index (χ4n) is 1.84. The highest BCUT2D eigenvalue weighted by Gasteiger charge is 2.02. The summed E-state index contributed by atoms with van der Waals surface area (Å²) < 4.78 is 7.53. The average molecular weight is 259 g/mol. The summed E-state index contributed by atoms with van der Waals surface area (Å²) in [5, 5.41) is 7.63. The smallest absolute Gasteiger partial charge is 0.119 e. The minimum Gasteiger partial charge on any atom is -0.494 e. The summed E-state index contributed by atoms with van der Waals surface area (Å²) in [4.78, 5) is 0. The zero-order valence-electron chi connectivity index (χ0n) is 11.6. The van der Waals surface area contributed by atoms with Crippen LogP contribution in [-0.4, -0.2) is 22.9 Å². The van der Waals surface area contributed by atoms with Gasteiger partial charge in [0.05, 0.1) is 12.8 Å². The van der Waals surface area contributed by atoms with Gasteiger partial charge in [0.2, 0.25) is 0 Å². The molecule has 0 saturated heterocycles. The molecule has 0 amide bonds. The predicted octanol–water partition coefficient (Wildman–Crippen LogP) is 2.29. The Morgan fingerprint density at radius 3 is 2.74 bits per heavy atom. The van der Waals surface area contributed by atoms with Crippen LogP contribution in [0.15, 0.2) is 36.5 Å². The van der Waals surface area contributed by atoms with Gasteiger partial charge in [0.25, 0.3) is 0 Å². The third-order valence-corrected chi connectivity index (χ3v) is 3.16. The lowest BCUT2D eigenvalue weighted by atomic mass is 10.2. The lowest BCUT2D eigenvalue weighted by Crippen LogP contribution is -2.17. The molecule has 0 radical (unpaired) electrons. The van der Waals surface area contributed by atoms with E-state index in [1.165, 1.54) is 11.3 Å². The molecule has 2 rings (SSSR count). The molecule has 1 heterocycles. The number of nitrogens with one attached hydrogen (secondary N) is 1. The minimum absolute atomic E-state index is 0.739. The van der Waals surface area contributed by atoms with Crippen LogP contribution in [0.2, 0.25) is 0 Å². The van der Waals surface area contributed by atoms with E-state index in [4.69, 9.17) is 4.74 Å². The third kappa shape index (κ3) is 4.10. The molecule has 4 heteroatoms. The quantitative estimate of drug-likeness (QED) is 0.775. The van der Waals surface area contributed by atoms with Crippen molar-refractivity contribution in [2.24, 2.45) is 7.05 Å². The van der Waals surface area contributed by atoms with Gasteiger partial charge in [0.15, 0.2) is 0 Å². The van der Waals surface area contributed by atoms with Crippen molar-refractivity contribution < 1.29 is 4.74 Å². The molecule has 0 atom stereocenters. The maximum atomic E-state index is 5.63. The zero-order chi connectivity index (χ0) is 13.5. The first-order valence-electron chi connectivity index (χ1n) is 6.63. The topological polar surface area (TPSA) is 39.1 Å². The number of para-hydroxylation sites is 1. The molecule has 0 aliphatic carbocycles. The fraction of sp³-hybridized carbons (Fsp3) is 0.400. The van der Waals surface area contributed by atoms with Crippen LogP contribution in [0.3, 0.4) is 0 Å². The van der Waals surface area contributed by atoms with Crippen molar-refractivity contribution in [3.8, 4) is 5.75 Å². The predicted molar refractivity (Wildman–Crippen MR) is 76.2 cm³/mol. The first-order valence-corrected chi connectivity index (χ1v) is 6.63. The van der Waals surface area contributed by atoms with E-state index in [9.17, 15) is 0 Å². The Morgan fingerprint density at radius 1 is 1.26 bits per heavy atom. The summed E-state index contributed by atoms with van der Waals surface area (Å²) in [7, 11) is 1.96. The van der Waals surface area contributed by atoms with E-state index in [-0.39, 0.29) is 0 Å². The Morgan fingerprint density at radius 2 is 2.05 bits per heavy atom. The second-order valence-electron chi connectivity index (χ2n) is 4.57. The van der Waals surface area contributed by atoms with Crippen LogP contribution in [0, 0.1) is 6.92 Å². The molecule has 0 saturated carbocycles. The van der Waals surface area contributed by atoms with Gasteiger partial charge >= 0.3 is 0 Å². The normalized spacial score (nSPS) is 10.6. The van der Waals surface area contributed by atoms with Crippen molar-refractivity contribution in [3.63, 3.8) is 0 Å². The van der Waals surface area contributed by atoms with E-state index in [1.54, 1.807) is 0 Å². The zero-order valence-corrected chi connectivity index (χ0v) is 11.6. The fourth-order valence-corrected chi connectivity index (χ4v) is 1.84. The number of hydrogen-bond donors (Lipinski definition) is 1. The molecule has 1 aromatic heterocycles. The second-order valence-corrected chi connectivity index (χ2v) is 4.57. The summed E-state index contributed by atoms with van der Waals surface area (Å²) in [5.74, 6) is 0.936. The van der Waals surface area contributed by atoms with Gasteiger partial charge in [-0.05, 0) is 32.0 Å². The summed E-state index contributed by atoms with van der Waals surface area (Å²) in [6.45, 7) is 4.64. The Kier molecular flexibility index (Phi) is 4.98. The van der Waals surface area contributed by atoms with Crippen molar-refractivity contribution in [2.75, 3.05) is 13.2 Å². The molecule has 0 aliphatic heterocycles. The van der Waals surface area contributed by atoms with E-state index in [1.807, 2.05) is 48.3 Å². The van der Waals surface area contributed by atoms with Gasteiger partial charge in [0, 0.05) is 24.8 Å². The van der Waals surface area contributed by atoms with Gasteiger partial charge in [-0.2, -0.15) is 5.10 Å². The molecule has 0 spiro atoms. The van der Waals surface area contributed by atoms with Gasteiger partial charge in [-0.3, -0.25) is 4.68 Å². The first-order chi connectivity index (χ1) is 9.27. The van der Waals surface area contributed by atoms with Gasteiger partial charge in [0.1, 0.15) is 5.75 Å². The number of rotatable bonds is 7. The van der Waals surface area contributed by atoms with Crippen LogP contribution in [0.1, 0.15) is 17.7 Å². The molecule has 4 nitrogen and oxygen atoms in total. The molecule has 102 valence electrons. The van der Waals surface area contributed by atoms with Crippen LogP contribution >= 0.6 is 0 Å². The Labute approximate surface area is 114 Å². The molecule has 0 aliphatic rings. The highest BCUT2D eigenvalue weighted by atomic mass is 16.5. The number of hydrogen-bond acceptors (Lipinski definition) is 3. The van der Waals surface area contributed by atoms with E-state index in [2.05, 4.69) is 17.3 Å². The standard InChI is InChI=1S/C15H21N3O/c1-13-14(12-17-18(13)2)11-16-9-6-10-19-15-7-4-3-5-8-15/h3-5,7-8,12,16H,6,9-11H2,1-2H3. The number of aryl methyl sites for hydroxylation is 1. The van der Waals surface area contributed by atoms with Crippen molar-refractivity contribution in [1.82, 2.24) is 15.1 Å². The molecule has 0 unspecified atom stereocenters. The van der Waals surface area contributed by atoms with Crippen molar-refractivity contribution >= 4 is 0 Å². The van der Waals surface area contributed by atoms with E-state index in [0.29, 0.717) is 0 Å². The molecular weight excluding hydrogens is 238 g/mol. The lowest BCUT2D eigenvalue weighted by molar-refractivity contribution is 0.308. The van der Waals surface area contributed by atoms with Gasteiger partial charge < -0.3 is 10.1 Å².